The monoisotopic (exact) mass is 412 g/mol. The van der Waals surface area contributed by atoms with E-state index in [4.69, 9.17) is 0 Å². The van der Waals surface area contributed by atoms with Gasteiger partial charge in [0.15, 0.2) is 0 Å². The molecule has 1 unspecified atom stereocenters. The number of aliphatic hydroxyl groups is 1. The summed E-state index contributed by atoms with van der Waals surface area (Å²) >= 11 is 0. The zero-order valence-electron chi connectivity index (χ0n) is 17.8. The minimum absolute atomic E-state index is 0.0900. The molecule has 5 nitrogen and oxygen atoms in total. The van der Waals surface area contributed by atoms with Gasteiger partial charge >= 0.3 is 0 Å². The van der Waals surface area contributed by atoms with Crippen LogP contribution in [-0.2, 0) is 16.1 Å². The summed E-state index contributed by atoms with van der Waals surface area (Å²) in [5, 5.41) is 11.1. The number of amides is 1. The molecule has 0 bridgehead atoms. The number of hydrogen-bond donors (Lipinski definition) is 1. The summed E-state index contributed by atoms with van der Waals surface area (Å²) in [6, 6.07) is 16.1. The molecule has 2 aromatic carbocycles. The average Bonchev–Trinajstić information content (AvgIpc) is 3.02. The lowest BCUT2D eigenvalue weighted by molar-refractivity contribution is -0.140. The van der Waals surface area contributed by atoms with Crippen molar-refractivity contribution >= 4 is 17.4 Å². The molecule has 1 fully saturated rings. The van der Waals surface area contributed by atoms with Crippen LogP contribution in [0.4, 0.5) is 0 Å². The van der Waals surface area contributed by atoms with Gasteiger partial charge in [-0.05, 0) is 43.5 Å². The molecule has 1 aliphatic heterocycles. The van der Waals surface area contributed by atoms with Crippen molar-refractivity contribution in [3.8, 4) is 0 Å². The van der Waals surface area contributed by atoms with Crippen LogP contribution in [-0.4, -0.2) is 26.7 Å². The highest BCUT2D eigenvalue weighted by atomic mass is 16.3. The van der Waals surface area contributed by atoms with Gasteiger partial charge in [-0.1, -0.05) is 59.7 Å². The third-order valence-corrected chi connectivity index (χ3v) is 5.71. The number of aliphatic hydroxyl groups excluding tert-OH is 1. The molecule has 1 N–H and O–H groups in total. The number of ketones is 1. The number of likely N-dealkylation sites (tertiary alicyclic amines) is 1. The van der Waals surface area contributed by atoms with Crippen molar-refractivity contribution in [1.82, 2.24) is 9.88 Å². The molecule has 1 amide bonds. The van der Waals surface area contributed by atoms with Gasteiger partial charge in [0.1, 0.15) is 5.76 Å². The van der Waals surface area contributed by atoms with Crippen LogP contribution in [0.1, 0.15) is 39.4 Å². The summed E-state index contributed by atoms with van der Waals surface area (Å²) in [7, 11) is 0. The molecule has 0 radical (unpaired) electrons. The van der Waals surface area contributed by atoms with Crippen LogP contribution < -0.4 is 0 Å². The summed E-state index contributed by atoms with van der Waals surface area (Å²) in [6.07, 6.45) is 3.27. The van der Waals surface area contributed by atoms with E-state index in [0.29, 0.717) is 11.1 Å². The van der Waals surface area contributed by atoms with E-state index >= 15 is 0 Å². The molecular weight excluding hydrogens is 388 g/mol. The van der Waals surface area contributed by atoms with Crippen molar-refractivity contribution in [2.24, 2.45) is 0 Å². The second-order valence-electron chi connectivity index (χ2n) is 8.01. The van der Waals surface area contributed by atoms with E-state index in [9.17, 15) is 14.7 Å². The average molecular weight is 412 g/mol. The first kappa shape index (κ1) is 20.5. The third kappa shape index (κ3) is 3.87. The number of carbonyl (C=O) groups is 2. The van der Waals surface area contributed by atoms with Crippen molar-refractivity contribution < 1.29 is 14.7 Å². The third-order valence-electron chi connectivity index (χ3n) is 5.71. The Labute approximate surface area is 181 Å². The van der Waals surface area contributed by atoms with Gasteiger partial charge in [0.05, 0.1) is 11.6 Å². The smallest absolute Gasteiger partial charge is 0.295 e. The molecule has 3 aromatic rings. The van der Waals surface area contributed by atoms with Gasteiger partial charge < -0.3 is 10.0 Å². The first-order valence-electron chi connectivity index (χ1n) is 10.2. The largest absolute Gasteiger partial charge is 0.507 e. The molecule has 0 saturated carbocycles. The Hall–Kier alpha value is -3.73. The van der Waals surface area contributed by atoms with Gasteiger partial charge in [0, 0.05) is 24.5 Å². The van der Waals surface area contributed by atoms with Crippen molar-refractivity contribution in [1.29, 1.82) is 0 Å². The highest BCUT2D eigenvalue weighted by molar-refractivity contribution is 6.46. The molecule has 5 heteroatoms. The molecule has 0 spiro atoms. The van der Waals surface area contributed by atoms with Crippen LogP contribution in [0.15, 0.2) is 72.6 Å². The maximum absolute atomic E-state index is 13.1. The van der Waals surface area contributed by atoms with Gasteiger partial charge in [0.25, 0.3) is 11.7 Å². The van der Waals surface area contributed by atoms with Gasteiger partial charge in [-0.2, -0.15) is 0 Å². The van der Waals surface area contributed by atoms with Crippen molar-refractivity contribution in [3.63, 3.8) is 0 Å². The van der Waals surface area contributed by atoms with Crippen LogP contribution >= 0.6 is 0 Å². The van der Waals surface area contributed by atoms with E-state index in [-0.39, 0.29) is 17.9 Å². The summed E-state index contributed by atoms with van der Waals surface area (Å²) < 4.78 is 0. The number of nitrogens with zero attached hydrogens (tertiary/aromatic N) is 2. The molecule has 2 heterocycles. The van der Waals surface area contributed by atoms with Crippen LogP contribution in [0, 0.1) is 20.8 Å². The molecule has 0 aliphatic carbocycles. The Morgan fingerprint density at radius 3 is 2.39 bits per heavy atom. The van der Waals surface area contributed by atoms with Crippen LogP contribution in [0.25, 0.3) is 5.76 Å². The van der Waals surface area contributed by atoms with Crippen LogP contribution in [0.3, 0.4) is 0 Å². The van der Waals surface area contributed by atoms with Gasteiger partial charge in [-0.25, -0.2) is 0 Å². The molecule has 31 heavy (non-hydrogen) atoms. The number of Topliss-reactive ketones (excluding diaryl/α,β-unsaturated/α-hetero) is 1. The number of benzene rings is 2. The summed E-state index contributed by atoms with van der Waals surface area (Å²) in [5.74, 6) is -1.48. The normalized spacial score (nSPS) is 17.9. The number of rotatable bonds is 4. The molecule has 1 aliphatic rings. The lowest BCUT2D eigenvalue weighted by Crippen LogP contribution is -2.29. The predicted octanol–water partition coefficient (Wildman–Crippen LogP) is 4.63. The Kier molecular flexibility index (Phi) is 5.42. The Balaban J connectivity index is 1.86. The van der Waals surface area contributed by atoms with Crippen molar-refractivity contribution in [2.75, 3.05) is 0 Å². The quantitative estimate of drug-likeness (QED) is 0.385. The Morgan fingerprint density at radius 2 is 1.71 bits per heavy atom. The van der Waals surface area contributed by atoms with Gasteiger partial charge in [-0.15, -0.1) is 0 Å². The zero-order chi connectivity index (χ0) is 22.1. The standard InChI is InChI=1S/C26H24N2O3/c1-16-7-10-19(11-8-16)24(29)22-23(20-5-4-12-27-14-20)28(26(31)25(22)30)15-21-13-17(2)6-9-18(21)3/h4-14,23,29H,15H2,1-3H3/b24-22+. The van der Waals surface area contributed by atoms with E-state index in [2.05, 4.69) is 4.98 Å². The van der Waals surface area contributed by atoms with E-state index in [1.807, 2.05) is 57.2 Å². The molecule has 1 aromatic heterocycles. The Morgan fingerprint density at radius 1 is 1.00 bits per heavy atom. The highest BCUT2D eigenvalue weighted by Crippen LogP contribution is 2.40. The van der Waals surface area contributed by atoms with E-state index in [1.165, 1.54) is 4.90 Å². The SMILES string of the molecule is Cc1ccc(/C(O)=C2\C(=O)C(=O)N(Cc3cc(C)ccc3C)C2c2cccnc2)cc1. The minimum Gasteiger partial charge on any atom is -0.507 e. The number of hydrogen-bond acceptors (Lipinski definition) is 4. The maximum Gasteiger partial charge on any atom is 0.295 e. The van der Waals surface area contributed by atoms with Gasteiger partial charge in [0.2, 0.25) is 0 Å². The summed E-state index contributed by atoms with van der Waals surface area (Å²) in [6.45, 7) is 6.19. The highest BCUT2D eigenvalue weighted by Gasteiger charge is 2.46. The summed E-state index contributed by atoms with van der Waals surface area (Å²) in [5.41, 5.74) is 5.39. The predicted molar refractivity (Wildman–Crippen MR) is 119 cm³/mol. The minimum atomic E-state index is -0.713. The first-order chi connectivity index (χ1) is 14.9. The molecule has 156 valence electrons. The lowest BCUT2D eigenvalue weighted by atomic mass is 9.95. The molecule has 4 rings (SSSR count). The Bertz CT molecular complexity index is 1180. The van der Waals surface area contributed by atoms with E-state index in [1.54, 1.807) is 30.6 Å². The van der Waals surface area contributed by atoms with Crippen LogP contribution in [0.2, 0.25) is 0 Å². The second-order valence-corrected chi connectivity index (χ2v) is 8.01. The molecule has 1 saturated heterocycles. The number of aromatic nitrogens is 1. The van der Waals surface area contributed by atoms with Crippen molar-refractivity contribution in [3.05, 3.63) is 106 Å². The lowest BCUT2D eigenvalue weighted by Gasteiger charge is -2.26. The molecular formula is C26H24N2O3. The first-order valence-corrected chi connectivity index (χ1v) is 10.2. The van der Waals surface area contributed by atoms with Crippen LogP contribution in [0.5, 0.6) is 0 Å². The second kappa shape index (κ2) is 8.19. The molecule has 1 atom stereocenters. The maximum atomic E-state index is 13.1. The number of carbonyl (C=O) groups excluding carboxylic acids is 2. The number of pyridine rings is 1. The number of aryl methyl sites for hydroxylation is 3. The van der Waals surface area contributed by atoms with E-state index in [0.717, 1.165) is 22.3 Å². The van der Waals surface area contributed by atoms with E-state index < -0.39 is 17.7 Å². The van der Waals surface area contributed by atoms with Crippen molar-refractivity contribution in [2.45, 2.75) is 33.4 Å². The fraction of sp³-hybridized carbons (Fsp3) is 0.192. The topological polar surface area (TPSA) is 70.5 Å². The summed E-state index contributed by atoms with van der Waals surface area (Å²) in [4.78, 5) is 31.9. The fourth-order valence-corrected chi connectivity index (χ4v) is 3.95. The zero-order valence-corrected chi connectivity index (χ0v) is 17.8. The fourth-order valence-electron chi connectivity index (χ4n) is 3.95. The van der Waals surface area contributed by atoms with Gasteiger partial charge in [-0.3, -0.25) is 14.6 Å².